The van der Waals surface area contributed by atoms with Crippen LogP contribution in [0.2, 0.25) is 0 Å². The minimum absolute atomic E-state index is 0.108. The van der Waals surface area contributed by atoms with Crippen molar-refractivity contribution >= 4 is 5.91 Å². The van der Waals surface area contributed by atoms with E-state index in [0.29, 0.717) is 18.7 Å². The van der Waals surface area contributed by atoms with Crippen LogP contribution < -0.4 is 10.7 Å². The molecule has 0 aliphatic rings. The molecule has 156 valence electrons. The maximum Gasteiger partial charge on any atom is 0.416 e. The second-order valence-corrected chi connectivity index (χ2v) is 6.95. The zero-order valence-electron chi connectivity index (χ0n) is 16.5. The van der Waals surface area contributed by atoms with Gasteiger partial charge in [-0.05, 0) is 44.0 Å². The highest BCUT2D eigenvalue weighted by Crippen LogP contribution is 2.30. The van der Waals surface area contributed by atoms with Gasteiger partial charge in [-0.25, -0.2) is 4.68 Å². The molecule has 1 heterocycles. The molecule has 2 aromatic carbocycles. The number of carbonyl (C=O) groups excluding carboxylic acids is 1. The number of benzene rings is 2. The average molecular weight is 415 g/mol. The van der Waals surface area contributed by atoms with Crippen molar-refractivity contribution in [1.29, 1.82) is 0 Å². The third-order valence-electron chi connectivity index (χ3n) is 4.52. The van der Waals surface area contributed by atoms with Gasteiger partial charge >= 0.3 is 6.18 Å². The van der Waals surface area contributed by atoms with Gasteiger partial charge in [0.15, 0.2) is 5.69 Å². The van der Waals surface area contributed by atoms with Gasteiger partial charge in [0.1, 0.15) is 0 Å². The zero-order valence-corrected chi connectivity index (χ0v) is 16.5. The smallest absolute Gasteiger partial charge is 0.350 e. The molecule has 0 unspecified atom stereocenters. The summed E-state index contributed by atoms with van der Waals surface area (Å²) in [5, 5.41) is 6.68. The predicted molar refractivity (Wildman–Crippen MR) is 107 cm³/mol. The first-order valence-electron chi connectivity index (χ1n) is 9.27. The summed E-state index contributed by atoms with van der Waals surface area (Å²) in [4.78, 5) is 24.7. The number of amides is 1. The molecule has 0 aliphatic heterocycles. The minimum Gasteiger partial charge on any atom is -0.350 e. The summed E-state index contributed by atoms with van der Waals surface area (Å²) in [5.41, 5.74) is 0.749. The third kappa shape index (κ3) is 4.94. The van der Waals surface area contributed by atoms with E-state index in [4.69, 9.17) is 0 Å². The molecule has 1 aromatic heterocycles. The van der Waals surface area contributed by atoms with Crippen molar-refractivity contribution in [2.24, 2.45) is 0 Å². The zero-order chi connectivity index (χ0) is 21.9. The quantitative estimate of drug-likeness (QED) is 0.689. The lowest BCUT2D eigenvalue weighted by Crippen LogP contribution is -2.33. The van der Waals surface area contributed by atoms with Crippen LogP contribution in [-0.2, 0) is 12.6 Å². The van der Waals surface area contributed by atoms with Crippen LogP contribution in [0.3, 0.4) is 0 Å². The summed E-state index contributed by atoms with van der Waals surface area (Å²) in [5.74, 6) is -0.673. The van der Waals surface area contributed by atoms with Gasteiger partial charge in [0.25, 0.3) is 5.91 Å². The number of rotatable bonds is 5. The lowest BCUT2D eigenvalue weighted by Gasteiger charge is -2.13. The molecule has 0 bridgehead atoms. The minimum atomic E-state index is -4.51. The predicted octanol–water partition coefficient (Wildman–Crippen LogP) is 3.84. The summed E-state index contributed by atoms with van der Waals surface area (Å²) in [7, 11) is 0. The van der Waals surface area contributed by atoms with E-state index in [-0.39, 0.29) is 11.4 Å². The second kappa shape index (κ2) is 8.52. The van der Waals surface area contributed by atoms with E-state index in [9.17, 15) is 22.8 Å². The Balaban J connectivity index is 1.82. The highest BCUT2D eigenvalue weighted by molar-refractivity contribution is 5.92. The molecule has 8 heteroatoms. The van der Waals surface area contributed by atoms with E-state index in [1.54, 1.807) is 0 Å². The van der Waals surface area contributed by atoms with Crippen LogP contribution in [0.5, 0.6) is 0 Å². The number of carbonyl (C=O) groups is 1. The van der Waals surface area contributed by atoms with Crippen LogP contribution >= 0.6 is 0 Å². The Labute approximate surface area is 171 Å². The van der Waals surface area contributed by atoms with Gasteiger partial charge in [-0.15, -0.1) is 0 Å². The van der Waals surface area contributed by atoms with Crippen molar-refractivity contribution < 1.29 is 18.0 Å². The maximum absolute atomic E-state index is 13.0. The van der Waals surface area contributed by atoms with Crippen LogP contribution in [0, 0.1) is 13.8 Å². The number of nitrogens with one attached hydrogen (secondary N) is 1. The number of halogens is 3. The lowest BCUT2D eigenvalue weighted by molar-refractivity contribution is -0.137. The molecule has 1 amide bonds. The third-order valence-corrected chi connectivity index (χ3v) is 4.52. The van der Waals surface area contributed by atoms with Crippen molar-refractivity contribution in [2.75, 3.05) is 6.54 Å². The number of aryl methyl sites for hydroxylation is 2. The monoisotopic (exact) mass is 415 g/mol. The summed E-state index contributed by atoms with van der Waals surface area (Å²) >= 11 is 0. The average Bonchev–Trinajstić information content (AvgIpc) is 2.67. The topological polar surface area (TPSA) is 64.0 Å². The molecular formula is C22H20F3N3O2. The van der Waals surface area contributed by atoms with Gasteiger partial charge in [0.2, 0.25) is 5.43 Å². The van der Waals surface area contributed by atoms with Gasteiger partial charge in [0.05, 0.1) is 11.3 Å². The van der Waals surface area contributed by atoms with E-state index in [0.717, 1.165) is 27.9 Å². The molecule has 0 radical (unpaired) electrons. The second-order valence-electron chi connectivity index (χ2n) is 6.95. The number of aromatic nitrogens is 2. The Hall–Kier alpha value is -3.42. The molecule has 30 heavy (non-hydrogen) atoms. The van der Waals surface area contributed by atoms with Crippen LogP contribution in [-0.4, -0.2) is 22.2 Å². The van der Waals surface area contributed by atoms with E-state index in [1.165, 1.54) is 25.1 Å². The number of hydrogen-bond acceptors (Lipinski definition) is 3. The SMILES string of the molecule is Cc1cccc(CCNC(=O)c2nn(-c3cccc(C(F)(F)F)c3)c(C)cc2=O)c1. The summed E-state index contributed by atoms with van der Waals surface area (Å²) in [6, 6.07) is 13.5. The highest BCUT2D eigenvalue weighted by atomic mass is 19.4. The molecule has 0 fully saturated rings. The molecule has 0 aliphatic carbocycles. The molecule has 0 saturated carbocycles. The standard InChI is InChI=1S/C22H20F3N3O2/c1-14-5-3-6-16(11-14)9-10-26-21(30)20-19(29)12-15(2)28(27-20)18-8-4-7-17(13-18)22(23,24)25/h3-8,11-13H,9-10H2,1-2H3,(H,26,30). The fourth-order valence-electron chi connectivity index (χ4n) is 3.05. The first-order chi connectivity index (χ1) is 14.1. The van der Waals surface area contributed by atoms with Crippen LogP contribution in [0.1, 0.15) is 32.9 Å². The first-order valence-corrected chi connectivity index (χ1v) is 9.27. The van der Waals surface area contributed by atoms with E-state index >= 15 is 0 Å². The normalized spacial score (nSPS) is 11.4. The van der Waals surface area contributed by atoms with Crippen LogP contribution in [0.15, 0.2) is 59.4 Å². The van der Waals surface area contributed by atoms with Crippen molar-refractivity contribution in [3.8, 4) is 5.69 Å². The Morgan fingerprint density at radius 3 is 2.50 bits per heavy atom. The van der Waals surface area contributed by atoms with Gasteiger partial charge in [-0.1, -0.05) is 35.9 Å². The van der Waals surface area contributed by atoms with Crippen molar-refractivity contribution in [2.45, 2.75) is 26.4 Å². The highest BCUT2D eigenvalue weighted by Gasteiger charge is 2.30. The van der Waals surface area contributed by atoms with Crippen molar-refractivity contribution in [1.82, 2.24) is 15.1 Å². The van der Waals surface area contributed by atoms with Gasteiger partial charge < -0.3 is 5.32 Å². The molecule has 5 nitrogen and oxygen atoms in total. The number of alkyl halides is 3. The largest absolute Gasteiger partial charge is 0.416 e. The molecular weight excluding hydrogens is 395 g/mol. The van der Waals surface area contributed by atoms with Gasteiger partial charge in [-0.3, -0.25) is 9.59 Å². The van der Waals surface area contributed by atoms with Crippen molar-refractivity contribution in [3.05, 3.63) is 92.9 Å². The fourth-order valence-corrected chi connectivity index (χ4v) is 3.05. The van der Waals surface area contributed by atoms with Gasteiger partial charge in [-0.2, -0.15) is 18.3 Å². The molecule has 0 atom stereocenters. The van der Waals surface area contributed by atoms with E-state index in [1.807, 2.05) is 31.2 Å². The first kappa shape index (κ1) is 21.3. The lowest BCUT2D eigenvalue weighted by atomic mass is 10.1. The van der Waals surface area contributed by atoms with Crippen molar-refractivity contribution in [3.63, 3.8) is 0 Å². The molecule has 0 saturated heterocycles. The Kier molecular flexibility index (Phi) is 6.05. The Morgan fingerprint density at radius 1 is 1.07 bits per heavy atom. The van der Waals surface area contributed by atoms with E-state index < -0.39 is 23.1 Å². The van der Waals surface area contributed by atoms with Crippen LogP contribution in [0.4, 0.5) is 13.2 Å². The maximum atomic E-state index is 13.0. The summed E-state index contributed by atoms with van der Waals surface area (Å²) < 4.78 is 40.2. The summed E-state index contributed by atoms with van der Waals surface area (Å²) in [6.07, 6.45) is -3.94. The van der Waals surface area contributed by atoms with E-state index in [2.05, 4.69) is 10.4 Å². The molecule has 0 spiro atoms. The Bertz CT molecular complexity index is 1140. The number of nitrogens with zero attached hydrogens (tertiary/aromatic N) is 2. The summed E-state index contributed by atoms with van der Waals surface area (Å²) in [6.45, 7) is 3.80. The molecule has 3 rings (SSSR count). The van der Waals surface area contributed by atoms with Crippen LogP contribution in [0.25, 0.3) is 5.69 Å². The molecule has 3 aromatic rings. The number of hydrogen-bond donors (Lipinski definition) is 1. The fraction of sp³-hybridized carbons (Fsp3) is 0.227. The molecule has 1 N–H and O–H groups in total. The van der Waals surface area contributed by atoms with Gasteiger partial charge in [0, 0.05) is 18.3 Å². The Morgan fingerprint density at radius 2 is 1.80 bits per heavy atom.